The van der Waals surface area contributed by atoms with Crippen LogP contribution >= 0.6 is 0 Å². The molecule has 5 nitrogen and oxygen atoms in total. The van der Waals surface area contributed by atoms with Crippen LogP contribution in [0, 0.1) is 0 Å². The largest absolute Gasteiger partial charge is 0.500 e. The molecular weight excluding hydrogens is 526 g/mol. The Bertz CT molecular complexity index is 539. The van der Waals surface area contributed by atoms with E-state index < -0.39 is 8.80 Å². The predicted molar refractivity (Wildman–Crippen MR) is 178 cm³/mol. The second-order valence-corrected chi connectivity index (χ2v) is 14.6. The van der Waals surface area contributed by atoms with Crippen molar-refractivity contribution in [3.63, 3.8) is 0 Å². The quantitative estimate of drug-likeness (QED) is 0.0315. The monoisotopic (exact) mass is 598 g/mol. The first-order valence-electron chi connectivity index (χ1n) is 18.2. The molecule has 6 heteroatoms. The lowest BCUT2D eigenvalue weighted by molar-refractivity contribution is 0.0706. The van der Waals surface area contributed by atoms with E-state index in [1.165, 1.54) is 154 Å². The molecule has 0 fully saturated rings. The summed E-state index contributed by atoms with van der Waals surface area (Å²) in [4.78, 5) is 13.6. The average molecular weight is 598 g/mol. The zero-order chi connectivity index (χ0) is 30.0. The summed E-state index contributed by atoms with van der Waals surface area (Å²) < 4.78 is 17.9. The van der Waals surface area contributed by atoms with Crippen molar-refractivity contribution in [2.45, 2.75) is 194 Å². The fourth-order valence-corrected chi connectivity index (χ4v) is 8.51. The Morgan fingerprint density at radius 2 is 0.659 bits per heavy atom. The van der Waals surface area contributed by atoms with E-state index in [4.69, 9.17) is 13.3 Å². The highest BCUT2D eigenvalue weighted by Crippen LogP contribution is 2.21. The van der Waals surface area contributed by atoms with Crippen molar-refractivity contribution >= 4 is 14.9 Å². The van der Waals surface area contributed by atoms with Crippen LogP contribution in [0.5, 0.6) is 0 Å². The molecule has 0 aromatic carbocycles. The Morgan fingerprint density at radius 3 is 0.902 bits per heavy atom. The van der Waals surface area contributed by atoms with Crippen molar-refractivity contribution in [1.82, 2.24) is 0 Å². The van der Waals surface area contributed by atoms with Gasteiger partial charge in [0.2, 0.25) is 6.08 Å². The van der Waals surface area contributed by atoms with Gasteiger partial charge in [0.25, 0.3) is 0 Å². The molecule has 0 spiro atoms. The van der Waals surface area contributed by atoms with Gasteiger partial charge in [0.15, 0.2) is 0 Å². The SMILES string of the molecule is CCO[Si](CCCCCCCCCCCCCCCCCCCCCCCCCCCCN=C=O)(OCC)OCC. The van der Waals surface area contributed by atoms with Crippen molar-refractivity contribution in [2.75, 3.05) is 26.4 Å². The van der Waals surface area contributed by atoms with Crippen LogP contribution in [0.3, 0.4) is 0 Å². The molecule has 0 aromatic heterocycles. The van der Waals surface area contributed by atoms with Gasteiger partial charge in [-0.25, -0.2) is 9.79 Å². The second kappa shape index (κ2) is 34.0. The normalized spacial score (nSPS) is 11.7. The topological polar surface area (TPSA) is 57.1 Å². The molecule has 244 valence electrons. The minimum Gasteiger partial charge on any atom is -0.374 e. The van der Waals surface area contributed by atoms with Gasteiger partial charge in [-0.2, -0.15) is 0 Å². The second-order valence-electron chi connectivity index (χ2n) is 11.9. The van der Waals surface area contributed by atoms with E-state index in [2.05, 4.69) is 4.99 Å². The van der Waals surface area contributed by atoms with Crippen LogP contribution in [0.1, 0.15) is 188 Å². The van der Waals surface area contributed by atoms with Crippen LogP contribution in [0.15, 0.2) is 4.99 Å². The maximum absolute atomic E-state index is 10.00. The molecule has 0 atom stereocenters. The van der Waals surface area contributed by atoms with Gasteiger partial charge >= 0.3 is 8.80 Å². The third-order valence-electron chi connectivity index (χ3n) is 8.16. The van der Waals surface area contributed by atoms with Crippen molar-refractivity contribution in [3.05, 3.63) is 0 Å². The third kappa shape index (κ3) is 29.3. The van der Waals surface area contributed by atoms with E-state index in [9.17, 15) is 4.79 Å². The Balaban J connectivity index is 3.26. The fourth-order valence-electron chi connectivity index (χ4n) is 5.82. The number of isocyanates is 1. The van der Waals surface area contributed by atoms with E-state index in [0.717, 1.165) is 18.9 Å². The van der Waals surface area contributed by atoms with Crippen LogP contribution in [0.4, 0.5) is 0 Å². The van der Waals surface area contributed by atoms with Crippen LogP contribution in [0.25, 0.3) is 0 Å². The first-order valence-corrected chi connectivity index (χ1v) is 20.1. The molecule has 0 saturated heterocycles. The Kier molecular flexibility index (Phi) is 33.5. The number of aliphatic imine (C=N–C) groups is 1. The van der Waals surface area contributed by atoms with E-state index in [-0.39, 0.29) is 0 Å². The number of hydrogen-bond donors (Lipinski definition) is 0. The predicted octanol–water partition coefficient (Wildman–Crippen LogP) is 11.5. The molecule has 0 aromatic rings. The van der Waals surface area contributed by atoms with Gasteiger partial charge in [0.05, 0.1) is 6.54 Å². The molecular formula is C35H71NO4Si. The summed E-state index contributed by atoms with van der Waals surface area (Å²) in [6.45, 7) is 8.81. The average Bonchev–Trinajstić information content (AvgIpc) is 2.97. The van der Waals surface area contributed by atoms with Gasteiger partial charge in [0.1, 0.15) is 0 Å². The molecule has 0 amide bonds. The molecule has 41 heavy (non-hydrogen) atoms. The number of nitrogens with zero attached hydrogens (tertiary/aromatic N) is 1. The summed E-state index contributed by atoms with van der Waals surface area (Å²) in [6.07, 6.45) is 37.4. The van der Waals surface area contributed by atoms with E-state index >= 15 is 0 Å². The smallest absolute Gasteiger partial charge is 0.374 e. The molecule has 0 saturated carbocycles. The molecule has 0 bridgehead atoms. The lowest BCUT2D eigenvalue weighted by atomic mass is 10.0. The maximum atomic E-state index is 10.00. The van der Waals surface area contributed by atoms with Gasteiger partial charge < -0.3 is 13.3 Å². The zero-order valence-electron chi connectivity index (χ0n) is 28.0. The van der Waals surface area contributed by atoms with Crippen molar-refractivity contribution in [1.29, 1.82) is 0 Å². The molecule has 0 radical (unpaired) electrons. The Hall–Kier alpha value is -0.523. The summed E-state index contributed by atoms with van der Waals surface area (Å²) in [5.41, 5.74) is 0. The van der Waals surface area contributed by atoms with E-state index in [1.807, 2.05) is 20.8 Å². The highest BCUT2D eigenvalue weighted by molar-refractivity contribution is 6.60. The molecule has 0 aliphatic carbocycles. The van der Waals surface area contributed by atoms with E-state index in [0.29, 0.717) is 26.4 Å². The summed E-state index contributed by atoms with van der Waals surface area (Å²) in [6, 6.07) is 0.966. The summed E-state index contributed by atoms with van der Waals surface area (Å²) in [5.74, 6) is 0. The van der Waals surface area contributed by atoms with Crippen LogP contribution in [-0.2, 0) is 18.1 Å². The van der Waals surface area contributed by atoms with Gasteiger partial charge in [-0.05, 0) is 33.6 Å². The molecule has 0 aliphatic heterocycles. The first kappa shape index (κ1) is 40.5. The molecule has 0 rings (SSSR count). The Morgan fingerprint density at radius 1 is 0.415 bits per heavy atom. The number of hydrogen-bond acceptors (Lipinski definition) is 5. The lowest BCUT2D eigenvalue weighted by Crippen LogP contribution is -2.45. The van der Waals surface area contributed by atoms with Crippen LogP contribution in [-0.4, -0.2) is 41.2 Å². The van der Waals surface area contributed by atoms with Gasteiger partial charge in [-0.3, -0.25) is 0 Å². The zero-order valence-corrected chi connectivity index (χ0v) is 29.0. The van der Waals surface area contributed by atoms with Gasteiger partial charge in [-0.1, -0.05) is 154 Å². The van der Waals surface area contributed by atoms with Crippen molar-refractivity contribution in [2.24, 2.45) is 4.99 Å². The summed E-state index contributed by atoms with van der Waals surface area (Å²) in [7, 11) is -2.43. The minimum atomic E-state index is -2.43. The number of carbonyl (C=O) groups excluding carboxylic acids is 1. The lowest BCUT2D eigenvalue weighted by Gasteiger charge is -2.28. The minimum absolute atomic E-state index is 0.663. The molecule has 0 heterocycles. The molecule has 0 N–H and O–H groups in total. The first-order chi connectivity index (χ1) is 20.2. The standard InChI is InChI=1S/C35H71NO4Si/c1-4-38-41(39-5-2,40-6-3)34-32-30-28-26-24-22-20-18-16-14-12-10-8-7-9-11-13-15-17-19-21-23-25-27-29-31-33-36-35-37/h4-34H2,1-3H3. The summed E-state index contributed by atoms with van der Waals surface area (Å²) >= 11 is 0. The third-order valence-corrected chi connectivity index (χ3v) is 11.3. The van der Waals surface area contributed by atoms with Crippen LogP contribution < -0.4 is 0 Å². The number of unbranched alkanes of at least 4 members (excludes halogenated alkanes) is 25. The molecule has 0 aliphatic rings. The fraction of sp³-hybridized carbons (Fsp3) is 0.971. The Labute approximate surface area is 257 Å². The highest BCUT2D eigenvalue weighted by Gasteiger charge is 2.39. The van der Waals surface area contributed by atoms with Crippen molar-refractivity contribution < 1.29 is 18.1 Å². The van der Waals surface area contributed by atoms with E-state index in [1.54, 1.807) is 6.08 Å². The molecule has 0 unspecified atom stereocenters. The highest BCUT2D eigenvalue weighted by atomic mass is 28.4. The van der Waals surface area contributed by atoms with Gasteiger partial charge in [-0.15, -0.1) is 0 Å². The van der Waals surface area contributed by atoms with Gasteiger partial charge in [0, 0.05) is 25.9 Å². The number of rotatable bonds is 35. The van der Waals surface area contributed by atoms with Crippen LogP contribution in [0.2, 0.25) is 6.04 Å². The summed E-state index contributed by atoms with van der Waals surface area (Å²) in [5, 5.41) is 0. The maximum Gasteiger partial charge on any atom is 0.500 e. The van der Waals surface area contributed by atoms with Crippen molar-refractivity contribution in [3.8, 4) is 0 Å².